The zero-order valence-corrected chi connectivity index (χ0v) is 12.4. The molecule has 1 saturated carbocycles. The first-order valence-electron chi connectivity index (χ1n) is 7.90. The van der Waals surface area contributed by atoms with Crippen LogP contribution in [0.4, 0.5) is 0 Å². The van der Waals surface area contributed by atoms with Crippen LogP contribution in [0.5, 0.6) is 0 Å². The van der Waals surface area contributed by atoms with Gasteiger partial charge in [0.25, 0.3) is 0 Å². The fourth-order valence-electron chi connectivity index (χ4n) is 3.78. The Kier molecular flexibility index (Phi) is 4.11. The van der Waals surface area contributed by atoms with Crippen molar-refractivity contribution in [1.29, 1.82) is 0 Å². The third-order valence-electron chi connectivity index (χ3n) is 5.00. The molecule has 1 heterocycles. The second kappa shape index (κ2) is 6.02. The molecule has 3 heteroatoms. The van der Waals surface area contributed by atoms with Gasteiger partial charge in [0, 0.05) is 24.6 Å². The zero-order valence-electron chi connectivity index (χ0n) is 12.4. The largest absolute Gasteiger partial charge is 0.392 e. The number of carbonyl (C=O) groups is 1. The number of hydrogen-bond acceptors (Lipinski definition) is 2. The normalized spacial score (nSPS) is 29.4. The summed E-state index contributed by atoms with van der Waals surface area (Å²) in [5, 5.41) is 10.3. The topological polar surface area (TPSA) is 40.5 Å². The van der Waals surface area contributed by atoms with Gasteiger partial charge in [-0.2, -0.15) is 0 Å². The van der Waals surface area contributed by atoms with Crippen molar-refractivity contribution in [1.82, 2.24) is 4.90 Å². The van der Waals surface area contributed by atoms with Crippen molar-refractivity contribution in [2.45, 2.75) is 38.2 Å². The standard InChI is InChI=1S/C18H23NO2/c20-16-8-4-11-18(16)12-5-13-19(14-18)17(21)10-9-15-6-2-1-3-7-15/h1-3,6-7,9-10,16,20H,4-5,8,11-14H2/t16-,18+/m1/s1. The molecule has 1 N–H and O–H groups in total. The molecule has 1 aliphatic carbocycles. The van der Waals surface area contributed by atoms with E-state index >= 15 is 0 Å². The lowest BCUT2D eigenvalue weighted by Crippen LogP contribution is -2.48. The summed E-state index contributed by atoms with van der Waals surface area (Å²) < 4.78 is 0. The number of amides is 1. The van der Waals surface area contributed by atoms with Crippen molar-refractivity contribution in [2.75, 3.05) is 13.1 Å². The lowest BCUT2D eigenvalue weighted by Gasteiger charge is -2.42. The van der Waals surface area contributed by atoms with E-state index in [1.165, 1.54) is 0 Å². The summed E-state index contributed by atoms with van der Waals surface area (Å²) in [7, 11) is 0. The Bertz CT molecular complexity index is 525. The molecule has 1 aliphatic heterocycles. The first-order chi connectivity index (χ1) is 10.2. The first kappa shape index (κ1) is 14.3. The van der Waals surface area contributed by atoms with Crippen LogP contribution in [-0.2, 0) is 4.79 Å². The van der Waals surface area contributed by atoms with E-state index < -0.39 is 0 Å². The molecule has 0 unspecified atom stereocenters. The molecule has 1 aromatic rings. The molecule has 2 aliphatic rings. The van der Waals surface area contributed by atoms with Gasteiger partial charge in [0.2, 0.25) is 5.91 Å². The maximum Gasteiger partial charge on any atom is 0.246 e. The average molecular weight is 285 g/mol. The minimum atomic E-state index is -0.230. The summed E-state index contributed by atoms with van der Waals surface area (Å²) in [6, 6.07) is 9.88. The zero-order chi connectivity index (χ0) is 14.7. The fourth-order valence-corrected chi connectivity index (χ4v) is 3.78. The van der Waals surface area contributed by atoms with E-state index in [1.54, 1.807) is 6.08 Å². The fraction of sp³-hybridized carbons (Fsp3) is 0.500. The number of aliphatic hydroxyl groups excluding tert-OH is 1. The Balaban J connectivity index is 1.66. The molecular formula is C18H23NO2. The highest BCUT2D eigenvalue weighted by atomic mass is 16.3. The van der Waals surface area contributed by atoms with Crippen LogP contribution in [0.1, 0.15) is 37.7 Å². The first-order valence-corrected chi connectivity index (χ1v) is 7.90. The van der Waals surface area contributed by atoms with Crippen molar-refractivity contribution >= 4 is 12.0 Å². The molecule has 0 radical (unpaired) electrons. The molecule has 3 nitrogen and oxygen atoms in total. The second-order valence-electron chi connectivity index (χ2n) is 6.38. The van der Waals surface area contributed by atoms with Gasteiger partial charge in [0.1, 0.15) is 0 Å². The monoisotopic (exact) mass is 285 g/mol. The number of likely N-dealkylation sites (tertiary alicyclic amines) is 1. The Morgan fingerprint density at radius 1 is 1.24 bits per heavy atom. The predicted octanol–water partition coefficient (Wildman–Crippen LogP) is 2.85. The van der Waals surface area contributed by atoms with Crippen LogP contribution in [0.25, 0.3) is 6.08 Å². The molecule has 0 aromatic heterocycles. The molecule has 1 saturated heterocycles. The summed E-state index contributed by atoms with van der Waals surface area (Å²) in [6.07, 6.45) is 8.39. The number of carbonyl (C=O) groups excluding carboxylic acids is 1. The van der Waals surface area contributed by atoms with E-state index in [-0.39, 0.29) is 17.4 Å². The van der Waals surface area contributed by atoms with E-state index in [4.69, 9.17) is 0 Å². The molecule has 1 spiro atoms. The van der Waals surface area contributed by atoms with Crippen molar-refractivity contribution < 1.29 is 9.90 Å². The van der Waals surface area contributed by atoms with Gasteiger partial charge in [-0.25, -0.2) is 0 Å². The minimum Gasteiger partial charge on any atom is -0.392 e. The smallest absolute Gasteiger partial charge is 0.246 e. The van der Waals surface area contributed by atoms with Gasteiger partial charge in [-0.1, -0.05) is 36.8 Å². The van der Waals surface area contributed by atoms with E-state index in [2.05, 4.69) is 0 Å². The highest BCUT2D eigenvalue weighted by Crippen LogP contribution is 2.45. The minimum absolute atomic E-state index is 0.0332. The van der Waals surface area contributed by atoms with Crippen LogP contribution in [-0.4, -0.2) is 35.1 Å². The lowest BCUT2D eigenvalue weighted by atomic mass is 9.76. The van der Waals surface area contributed by atoms with Gasteiger partial charge in [-0.3, -0.25) is 4.79 Å². The summed E-state index contributed by atoms with van der Waals surface area (Å²) in [4.78, 5) is 14.3. The van der Waals surface area contributed by atoms with Crippen molar-refractivity contribution in [3.8, 4) is 0 Å². The number of benzene rings is 1. The Morgan fingerprint density at radius 3 is 2.71 bits per heavy atom. The average Bonchev–Trinajstić information content (AvgIpc) is 2.86. The van der Waals surface area contributed by atoms with Crippen LogP contribution in [0.3, 0.4) is 0 Å². The highest BCUT2D eigenvalue weighted by Gasteiger charge is 2.45. The van der Waals surface area contributed by atoms with Gasteiger partial charge in [0.15, 0.2) is 0 Å². The van der Waals surface area contributed by atoms with Crippen molar-refractivity contribution in [3.05, 3.63) is 42.0 Å². The van der Waals surface area contributed by atoms with E-state index in [1.807, 2.05) is 41.3 Å². The molecule has 0 bridgehead atoms. The number of nitrogens with zero attached hydrogens (tertiary/aromatic N) is 1. The molecule has 1 amide bonds. The summed E-state index contributed by atoms with van der Waals surface area (Å²) in [6.45, 7) is 1.53. The SMILES string of the molecule is O=C(C=Cc1ccccc1)N1CCC[C@@]2(CCC[C@H]2O)C1. The van der Waals surface area contributed by atoms with Crippen molar-refractivity contribution in [3.63, 3.8) is 0 Å². The van der Waals surface area contributed by atoms with Gasteiger partial charge in [0.05, 0.1) is 6.10 Å². The number of aliphatic hydroxyl groups is 1. The molecule has 1 aromatic carbocycles. The van der Waals surface area contributed by atoms with Crippen LogP contribution < -0.4 is 0 Å². The highest BCUT2D eigenvalue weighted by molar-refractivity contribution is 5.91. The Hall–Kier alpha value is -1.61. The van der Waals surface area contributed by atoms with E-state index in [0.717, 1.165) is 44.2 Å². The summed E-state index contributed by atoms with van der Waals surface area (Å²) in [5.41, 5.74) is 1.01. The second-order valence-corrected chi connectivity index (χ2v) is 6.38. The van der Waals surface area contributed by atoms with Gasteiger partial charge in [-0.15, -0.1) is 0 Å². The van der Waals surface area contributed by atoms with Gasteiger partial charge >= 0.3 is 0 Å². The van der Waals surface area contributed by atoms with E-state index in [0.29, 0.717) is 6.54 Å². The predicted molar refractivity (Wildman–Crippen MR) is 83.6 cm³/mol. The lowest BCUT2D eigenvalue weighted by molar-refractivity contribution is -0.131. The maximum absolute atomic E-state index is 12.4. The van der Waals surface area contributed by atoms with Crippen LogP contribution in [0.2, 0.25) is 0 Å². The molecule has 21 heavy (non-hydrogen) atoms. The molecule has 2 fully saturated rings. The Labute approximate surface area is 126 Å². The van der Waals surface area contributed by atoms with Crippen LogP contribution in [0, 0.1) is 5.41 Å². The van der Waals surface area contributed by atoms with Gasteiger partial charge in [-0.05, 0) is 37.3 Å². The quantitative estimate of drug-likeness (QED) is 0.849. The number of hydrogen-bond donors (Lipinski definition) is 1. The molecular weight excluding hydrogens is 262 g/mol. The number of piperidine rings is 1. The van der Waals surface area contributed by atoms with Crippen LogP contribution in [0.15, 0.2) is 36.4 Å². The van der Waals surface area contributed by atoms with Crippen LogP contribution >= 0.6 is 0 Å². The third-order valence-corrected chi connectivity index (χ3v) is 5.00. The molecule has 112 valence electrons. The molecule has 2 atom stereocenters. The third kappa shape index (κ3) is 3.03. The Morgan fingerprint density at radius 2 is 2.00 bits per heavy atom. The van der Waals surface area contributed by atoms with Gasteiger partial charge < -0.3 is 10.0 Å². The van der Waals surface area contributed by atoms with E-state index in [9.17, 15) is 9.90 Å². The molecule has 3 rings (SSSR count). The summed E-state index contributed by atoms with van der Waals surface area (Å²) >= 11 is 0. The maximum atomic E-state index is 12.4. The summed E-state index contributed by atoms with van der Waals surface area (Å²) in [5.74, 6) is 0.0667. The number of rotatable bonds is 2. The van der Waals surface area contributed by atoms with Crippen molar-refractivity contribution in [2.24, 2.45) is 5.41 Å².